The molecule has 4 N–H and O–H groups in total. The minimum Gasteiger partial charge on any atom is -0.504 e. The average molecular weight is 582 g/mol. The van der Waals surface area contributed by atoms with E-state index in [2.05, 4.69) is 20.2 Å². The molecule has 0 saturated carbocycles. The van der Waals surface area contributed by atoms with Crippen LogP contribution in [0.15, 0.2) is 41.7 Å². The number of carbonyl (C=O) groups excluding carboxylic acids is 2. The van der Waals surface area contributed by atoms with Crippen molar-refractivity contribution in [3.05, 3.63) is 63.7 Å². The number of ether oxygens (including phenoxy) is 1. The Kier molecular flexibility index (Phi) is 6.62. The Morgan fingerprint density at radius 1 is 1.22 bits per heavy atom. The Bertz CT molecular complexity index is 1780. The zero-order valence-corrected chi connectivity index (χ0v) is 22.6. The molecule has 41 heavy (non-hydrogen) atoms. The Balaban J connectivity index is 1.32. The van der Waals surface area contributed by atoms with Crippen LogP contribution < -0.4 is 21.5 Å². The van der Waals surface area contributed by atoms with Crippen molar-refractivity contribution < 1.29 is 23.8 Å². The molecule has 14 heteroatoms. The van der Waals surface area contributed by atoms with Gasteiger partial charge in [0.25, 0.3) is 11.5 Å². The summed E-state index contributed by atoms with van der Waals surface area (Å²) in [5, 5.41) is 13.1. The number of amides is 2. The zero-order valence-electron chi connectivity index (χ0n) is 21.8. The van der Waals surface area contributed by atoms with Crippen LogP contribution in [0.5, 0.6) is 5.75 Å². The maximum Gasteiger partial charge on any atom is 0.263 e. The molecule has 2 amide bonds. The molecule has 2 aliphatic rings. The molecule has 2 unspecified atom stereocenters. The maximum absolute atomic E-state index is 14.5. The van der Waals surface area contributed by atoms with Gasteiger partial charge < -0.3 is 34.9 Å². The molecule has 1 aromatic carbocycles. The molecule has 2 saturated heterocycles. The fourth-order valence-electron chi connectivity index (χ4n) is 5.46. The number of halogens is 2. The van der Waals surface area contributed by atoms with Gasteiger partial charge in [0, 0.05) is 49.8 Å². The summed E-state index contributed by atoms with van der Waals surface area (Å²) < 4.78 is 22.7. The minimum atomic E-state index is -1.09. The highest BCUT2D eigenvalue weighted by atomic mass is 35.5. The highest BCUT2D eigenvalue weighted by molar-refractivity contribution is 6.33. The Hall–Kier alpha value is -4.49. The SMILES string of the molecule is Cn1cnc2c(c(-c3cc(F)c(O)c(C(N)=O)c3)cn2CC(=O)Nc2cc(N3CC4COCC4C3)ncc2Cl)c1=O. The lowest BCUT2D eigenvalue weighted by atomic mass is 10.0. The third kappa shape index (κ3) is 4.76. The van der Waals surface area contributed by atoms with Gasteiger partial charge >= 0.3 is 0 Å². The molecule has 4 aromatic rings. The summed E-state index contributed by atoms with van der Waals surface area (Å²) in [4.78, 5) is 49.0. The summed E-state index contributed by atoms with van der Waals surface area (Å²) in [6, 6.07) is 3.88. The van der Waals surface area contributed by atoms with Crippen LogP contribution in [0.3, 0.4) is 0 Å². The number of nitrogens with one attached hydrogen (secondary N) is 1. The van der Waals surface area contributed by atoms with Gasteiger partial charge in [-0.1, -0.05) is 11.6 Å². The Labute approximate surface area is 237 Å². The number of phenols is 1. The lowest BCUT2D eigenvalue weighted by Gasteiger charge is -2.19. The van der Waals surface area contributed by atoms with Crippen molar-refractivity contribution in [2.24, 2.45) is 24.6 Å². The van der Waals surface area contributed by atoms with Crippen molar-refractivity contribution >= 4 is 46.0 Å². The average Bonchev–Trinajstić information content (AvgIpc) is 3.63. The van der Waals surface area contributed by atoms with Crippen LogP contribution in [-0.2, 0) is 23.1 Å². The van der Waals surface area contributed by atoms with Crippen LogP contribution in [0.1, 0.15) is 10.4 Å². The molecular weight excluding hydrogens is 557 g/mol. The van der Waals surface area contributed by atoms with Gasteiger partial charge in [0.15, 0.2) is 11.6 Å². The summed E-state index contributed by atoms with van der Waals surface area (Å²) >= 11 is 6.36. The Morgan fingerprint density at radius 3 is 2.66 bits per heavy atom. The smallest absolute Gasteiger partial charge is 0.263 e. The van der Waals surface area contributed by atoms with E-state index >= 15 is 0 Å². The van der Waals surface area contributed by atoms with E-state index in [1.807, 2.05) is 0 Å². The summed E-state index contributed by atoms with van der Waals surface area (Å²) in [5.41, 5.74) is 5.25. The molecule has 6 rings (SSSR count). The second-order valence-corrected chi connectivity index (χ2v) is 10.7. The number of aromatic nitrogens is 4. The van der Waals surface area contributed by atoms with E-state index < -0.39 is 34.5 Å². The second kappa shape index (κ2) is 10.2. The van der Waals surface area contributed by atoms with Crippen molar-refractivity contribution in [2.75, 3.05) is 36.5 Å². The highest BCUT2D eigenvalue weighted by Crippen LogP contribution is 2.35. The largest absolute Gasteiger partial charge is 0.504 e. The first-order valence-electron chi connectivity index (χ1n) is 12.8. The summed E-state index contributed by atoms with van der Waals surface area (Å²) in [6.07, 6.45) is 4.25. The fraction of sp³-hybridized carbons (Fsp3) is 0.296. The molecule has 3 aromatic heterocycles. The number of nitrogens with two attached hydrogens (primary N) is 1. The standard InChI is InChI=1S/C27H25ClFN7O5/c1-34-12-32-26-23(27(34)40)17(13-2-16(25(30)39)24(38)19(29)3-13)8-36(26)9-22(37)33-20-4-21(31-5-18(20)28)35-6-14-10-41-11-15(14)7-35/h2-5,8,12,14-15,38H,6-7,9-11H2,1H3,(H2,30,39)(H,31,33,37). The second-order valence-electron chi connectivity index (χ2n) is 10.3. The van der Waals surface area contributed by atoms with E-state index in [1.165, 1.54) is 41.0 Å². The third-order valence-corrected chi connectivity index (χ3v) is 7.87. The van der Waals surface area contributed by atoms with Crippen LogP contribution in [0, 0.1) is 17.7 Å². The molecule has 0 spiro atoms. The number of anilines is 2. The molecule has 212 valence electrons. The van der Waals surface area contributed by atoms with Gasteiger partial charge in [-0.25, -0.2) is 14.4 Å². The molecule has 0 radical (unpaired) electrons. The fourth-order valence-corrected chi connectivity index (χ4v) is 5.61. The first kappa shape index (κ1) is 26.7. The predicted octanol–water partition coefficient (Wildman–Crippen LogP) is 2.12. The number of primary amides is 1. The van der Waals surface area contributed by atoms with Crippen LogP contribution in [-0.4, -0.2) is 62.3 Å². The summed E-state index contributed by atoms with van der Waals surface area (Å²) in [6.45, 7) is 2.80. The third-order valence-electron chi connectivity index (χ3n) is 7.57. The number of fused-ring (bicyclic) bond motifs is 2. The van der Waals surface area contributed by atoms with Gasteiger partial charge in [-0.2, -0.15) is 0 Å². The van der Waals surface area contributed by atoms with Crippen molar-refractivity contribution in [3.8, 4) is 16.9 Å². The highest BCUT2D eigenvalue weighted by Gasteiger charge is 2.37. The number of nitrogens with zero attached hydrogens (tertiary/aromatic N) is 5. The monoisotopic (exact) mass is 581 g/mol. The lowest BCUT2D eigenvalue weighted by molar-refractivity contribution is -0.116. The molecule has 2 atom stereocenters. The van der Waals surface area contributed by atoms with Gasteiger partial charge in [-0.05, 0) is 17.7 Å². The van der Waals surface area contributed by atoms with E-state index in [9.17, 15) is 23.9 Å². The summed E-state index contributed by atoms with van der Waals surface area (Å²) in [5.74, 6) is -1.90. The number of hydrogen-bond donors (Lipinski definition) is 3. The maximum atomic E-state index is 14.5. The number of pyridine rings is 1. The molecule has 12 nitrogen and oxygen atoms in total. The molecule has 0 bridgehead atoms. The van der Waals surface area contributed by atoms with Crippen LogP contribution in [0.4, 0.5) is 15.9 Å². The van der Waals surface area contributed by atoms with E-state index in [0.717, 1.165) is 32.4 Å². The lowest BCUT2D eigenvalue weighted by Crippen LogP contribution is -2.24. The number of hydrogen-bond acceptors (Lipinski definition) is 8. The van der Waals surface area contributed by atoms with Gasteiger partial charge in [-0.15, -0.1) is 0 Å². The molecule has 2 fully saturated rings. The topological polar surface area (TPSA) is 158 Å². The summed E-state index contributed by atoms with van der Waals surface area (Å²) in [7, 11) is 1.50. The van der Waals surface area contributed by atoms with E-state index in [-0.39, 0.29) is 33.7 Å². The molecule has 5 heterocycles. The molecule has 2 aliphatic heterocycles. The van der Waals surface area contributed by atoms with Crippen molar-refractivity contribution in [3.63, 3.8) is 0 Å². The van der Waals surface area contributed by atoms with E-state index in [0.29, 0.717) is 23.3 Å². The molecular formula is C27H25ClFN7O5. The van der Waals surface area contributed by atoms with Crippen LogP contribution in [0.25, 0.3) is 22.2 Å². The first-order valence-corrected chi connectivity index (χ1v) is 13.1. The van der Waals surface area contributed by atoms with Crippen LogP contribution >= 0.6 is 11.6 Å². The normalized spacial score (nSPS) is 18.2. The van der Waals surface area contributed by atoms with E-state index in [4.69, 9.17) is 22.1 Å². The number of aromatic hydroxyl groups is 1. The van der Waals surface area contributed by atoms with E-state index in [1.54, 1.807) is 6.07 Å². The van der Waals surface area contributed by atoms with Gasteiger partial charge in [0.1, 0.15) is 18.0 Å². The number of benzene rings is 1. The predicted molar refractivity (Wildman–Crippen MR) is 148 cm³/mol. The van der Waals surface area contributed by atoms with Gasteiger partial charge in [0.2, 0.25) is 5.91 Å². The number of carbonyl (C=O) groups is 2. The zero-order chi connectivity index (χ0) is 29.0. The van der Waals surface area contributed by atoms with Crippen molar-refractivity contribution in [1.82, 2.24) is 19.1 Å². The van der Waals surface area contributed by atoms with Crippen LogP contribution in [0.2, 0.25) is 5.02 Å². The van der Waals surface area contributed by atoms with Gasteiger partial charge in [-0.3, -0.25) is 14.4 Å². The van der Waals surface area contributed by atoms with Gasteiger partial charge in [0.05, 0.1) is 47.4 Å². The number of rotatable bonds is 6. The van der Waals surface area contributed by atoms with Crippen molar-refractivity contribution in [2.45, 2.75) is 6.54 Å². The molecule has 0 aliphatic carbocycles. The number of aryl methyl sites for hydroxylation is 1. The Morgan fingerprint density at radius 2 is 1.95 bits per heavy atom. The first-order chi connectivity index (χ1) is 19.6. The minimum absolute atomic E-state index is 0.0936. The van der Waals surface area contributed by atoms with Crippen molar-refractivity contribution in [1.29, 1.82) is 0 Å². The quantitative estimate of drug-likeness (QED) is 0.312.